The van der Waals surface area contributed by atoms with Crippen LogP contribution in [0.1, 0.15) is 31.1 Å². The molecular formula is C13H18N3O6S-. The van der Waals surface area contributed by atoms with Crippen LogP contribution in [0.3, 0.4) is 0 Å². The lowest BCUT2D eigenvalue weighted by Crippen LogP contribution is -2.35. The van der Waals surface area contributed by atoms with Crippen LogP contribution in [0.25, 0.3) is 0 Å². The van der Waals surface area contributed by atoms with Crippen molar-refractivity contribution in [2.75, 3.05) is 12.2 Å². The fourth-order valence-corrected chi connectivity index (χ4v) is 1.53. The van der Waals surface area contributed by atoms with Gasteiger partial charge in [0.2, 0.25) is 0 Å². The van der Waals surface area contributed by atoms with Gasteiger partial charge in [0.1, 0.15) is 12.3 Å². The van der Waals surface area contributed by atoms with Crippen LogP contribution < -0.4 is 16.2 Å². The van der Waals surface area contributed by atoms with Crippen molar-refractivity contribution in [2.24, 2.45) is 0 Å². The third kappa shape index (κ3) is 8.14. The molecule has 2 amide bonds. The minimum absolute atomic E-state index is 0.299. The van der Waals surface area contributed by atoms with E-state index in [-0.39, 0.29) is 0 Å². The van der Waals surface area contributed by atoms with E-state index in [0.29, 0.717) is 11.3 Å². The highest BCUT2D eigenvalue weighted by atomic mass is 32.2. The molecule has 0 saturated carbocycles. The van der Waals surface area contributed by atoms with Gasteiger partial charge in [-0.15, -0.1) is 0 Å². The number of amides is 2. The zero-order chi connectivity index (χ0) is 17.5. The Kier molecular flexibility index (Phi) is 6.94. The number of nitrogens with one attached hydrogen (secondary N) is 3. The smallest absolute Gasteiger partial charge is 0.426 e. The molecule has 1 rings (SSSR count). The van der Waals surface area contributed by atoms with E-state index in [9.17, 15) is 18.4 Å². The number of carbonyl (C=O) groups is 2. The number of anilines is 1. The second-order valence-electron chi connectivity index (χ2n) is 5.30. The molecule has 1 atom stereocenters. The van der Waals surface area contributed by atoms with Crippen LogP contribution in [0.5, 0.6) is 0 Å². The van der Waals surface area contributed by atoms with Gasteiger partial charge in [0.25, 0.3) is 5.91 Å². The predicted molar refractivity (Wildman–Crippen MR) is 81.8 cm³/mol. The maximum atomic E-state index is 11.7. The number of hydrogen-bond acceptors (Lipinski definition) is 7. The summed E-state index contributed by atoms with van der Waals surface area (Å²) in [5.74, 6) is -0.498. The summed E-state index contributed by atoms with van der Waals surface area (Å²) in [4.78, 5) is 23.1. The zero-order valence-corrected chi connectivity index (χ0v) is 13.7. The van der Waals surface area contributed by atoms with Crippen LogP contribution in [0.15, 0.2) is 24.3 Å². The minimum atomic E-state index is -2.68. The Morgan fingerprint density at radius 1 is 1.22 bits per heavy atom. The fraction of sp³-hybridized carbons (Fsp3) is 0.385. The van der Waals surface area contributed by atoms with Crippen LogP contribution in [0, 0.1) is 0 Å². The van der Waals surface area contributed by atoms with E-state index >= 15 is 0 Å². The number of rotatable bonds is 6. The molecule has 3 N–H and O–H groups in total. The minimum Gasteiger partial charge on any atom is -0.750 e. The Morgan fingerprint density at radius 2 is 1.83 bits per heavy atom. The molecule has 0 saturated heterocycles. The van der Waals surface area contributed by atoms with Crippen molar-refractivity contribution in [3.05, 3.63) is 29.8 Å². The van der Waals surface area contributed by atoms with Gasteiger partial charge in [-0.1, -0.05) is 0 Å². The first-order valence-corrected chi connectivity index (χ1v) is 7.53. The zero-order valence-electron chi connectivity index (χ0n) is 12.9. The van der Waals surface area contributed by atoms with Gasteiger partial charge in [0.05, 0.1) is 17.0 Å². The molecule has 10 heteroatoms. The number of hydrogen-bond donors (Lipinski definition) is 3. The summed E-state index contributed by atoms with van der Waals surface area (Å²) in [6, 6.07) is 6.09. The molecule has 9 nitrogen and oxygen atoms in total. The molecule has 0 heterocycles. The van der Waals surface area contributed by atoms with Crippen molar-refractivity contribution in [1.82, 2.24) is 10.7 Å². The first-order chi connectivity index (χ1) is 10.7. The van der Waals surface area contributed by atoms with Crippen LogP contribution in [-0.2, 0) is 20.3 Å². The Labute approximate surface area is 136 Å². The van der Waals surface area contributed by atoms with Crippen molar-refractivity contribution in [2.45, 2.75) is 26.4 Å². The molecule has 1 aromatic carbocycles. The Bertz CT molecular complexity index is 570. The Morgan fingerprint density at radius 3 is 2.35 bits per heavy atom. The van der Waals surface area contributed by atoms with E-state index < -0.39 is 35.7 Å². The number of benzene rings is 1. The fourth-order valence-electron chi connectivity index (χ4n) is 1.38. The third-order valence-corrected chi connectivity index (χ3v) is 2.55. The average molecular weight is 344 g/mol. The van der Waals surface area contributed by atoms with Gasteiger partial charge >= 0.3 is 6.09 Å². The van der Waals surface area contributed by atoms with Gasteiger partial charge in [-0.3, -0.25) is 14.4 Å². The molecular weight excluding hydrogens is 326 g/mol. The molecule has 0 aliphatic carbocycles. The quantitative estimate of drug-likeness (QED) is 0.399. The summed E-state index contributed by atoms with van der Waals surface area (Å²) in [6.07, 6.45) is -0.637. The van der Waals surface area contributed by atoms with Crippen molar-refractivity contribution in [3.63, 3.8) is 0 Å². The SMILES string of the molecule is CC(C)(C)OC(=O)NNc1ccc(C(=O)NCOS(=O)[O-])cc1. The van der Waals surface area contributed by atoms with Crippen LogP contribution >= 0.6 is 0 Å². The summed E-state index contributed by atoms with van der Waals surface area (Å²) in [6.45, 7) is 4.78. The summed E-state index contributed by atoms with van der Waals surface area (Å²) in [5, 5.41) is 2.26. The molecule has 0 radical (unpaired) electrons. The van der Waals surface area contributed by atoms with Crippen LogP contribution in [0.4, 0.5) is 10.5 Å². The second kappa shape index (κ2) is 8.46. The highest BCUT2D eigenvalue weighted by molar-refractivity contribution is 7.74. The van der Waals surface area contributed by atoms with Crippen molar-refractivity contribution in [1.29, 1.82) is 0 Å². The molecule has 0 bridgehead atoms. The normalized spacial score (nSPS) is 12.2. The van der Waals surface area contributed by atoms with E-state index in [2.05, 4.69) is 20.4 Å². The summed E-state index contributed by atoms with van der Waals surface area (Å²) >= 11 is -2.68. The first-order valence-electron chi connectivity index (χ1n) is 6.53. The molecule has 0 spiro atoms. The Balaban J connectivity index is 2.45. The van der Waals surface area contributed by atoms with Gasteiger partial charge < -0.3 is 14.6 Å². The average Bonchev–Trinajstić information content (AvgIpc) is 2.43. The third-order valence-electron chi connectivity index (χ3n) is 2.24. The van der Waals surface area contributed by atoms with E-state index in [4.69, 9.17) is 4.74 Å². The molecule has 128 valence electrons. The van der Waals surface area contributed by atoms with Crippen LogP contribution in [0.2, 0.25) is 0 Å². The Hall–Kier alpha value is -2.17. The first kappa shape index (κ1) is 18.9. The van der Waals surface area contributed by atoms with Gasteiger partial charge in [-0.2, -0.15) is 0 Å². The van der Waals surface area contributed by atoms with E-state index in [1.165, 1.54) is 12.1 Å². The number of hydrazine groups is 1. The molecule has 23 heavy (non-hydrogen) atoms. The summed E-state index contributed by atoms with van der Waals surface area (Å²) < 4.78 is 29.5. The number of ether oxygens (including phenoxy) is 1. The molecule has 1 unspecified atom stereocenters. The number of carbonyl (C=O) groups excluding carboxylic acids is 2. The highest BCUT2D eigenvalue weighted by Crippen LogP contribution is 2.10. The van der Waals surface area contributed by atoms with Gasteiger partial charge in [-0.05, 0) is 45.0 Å². The van der Waals surface area contributed by atoms with E-state index in [1.807, 2.05) is 0 Å². The van der Waals surface area contributed by atoms with Gasteiger partial charge in [0.15, 0.2) is 0 Å². The topological polar surface area (TPSA) is 129 Å². The lowest BCUT2D eigenvalue weighted by atomic mass is 10.2. The molecule has 0 aliphatic rings. The summed E-state index contributed by atoms with van der Waals surface area (Å²) in [5.41, 5.74) is 5.20. The van der Waals surface area contributed by atoms with Crippen molar-refractivity contribution < 1.29 is 27.3 Å². The highest BCUT2D eigenvalue weighted by Gasteiger charge is 2.15. The second-order valence-corrected chi connectivity index (χ2v) is 5.95. The monoisotopic (exact) mass is 344 g/mol. The summed E-state index contributed by atoms with van der Waals surface area (Å²) in [7, 11) is 0. The van der Waals surface area contributed by atoms with E-state index in [1.54, 1.807) is 32.9 Å². The lowest BCUT2D eigenvalue weighted by Gasteiger charge is -2.20. The lowest BCUT2D eigenvalue weighted by molar-refractivity contribution is 0.0540. The van der Waals surface area contributed by atoms with Crippen molar-refractivity contribution in [3.8, 4) is 0 Å². The molecule has 1 aromatic rings. The predicted octanol–water partition coefficient (Wildman–Crippen LogP) is 1.04. The van der Waals surface area contributed by atoms with Crippen LogP contribution in [-0.4, -0.2) is 33.1 Å². The maximum absolute atomic E-state index is 11.7. The van der Waals surface area contributed by atoms with E-state index in [0.717, 1.165) is 0 Å². The standard InChI is InChI=1S/C13H19N3O6S/c1-13(2,3)22-12(18)16-15-10-6-4-9(5-7-10)11(17)14-8-21-23(19)20/h4-7,15H,8H2,1-3H3,(H,14,17)(H,16,18)(H,19,20)/p-1. The van der Waals surface area contributed by atoms with Crippen molar-refractivity contribution >= 4 is 29.0 Å². The van der Waals surface area contributed by atoms with Gasteiger partial charge in [0, 0.05) is 5.56 Å². The maximum Gasteiger partial charge on any atom is 0.426 e. The molecule has 0 fully saturated rings. The largest absolute Gasteiger partial charge is 0.750 e. The van der Waals surface area contributed by atoms with Gasteiger partial charge in [-0.25, -0.2) is 14.4 Å². The molecule has 0 aromatic heterocycles. The molecule has 0 aliphatic heterocycles.